The van der Waals surface area contributed by atoms with Crippen molar-refractivity contribution in [2.75, 3.05) is 0 Å². The maximum atomic E-state index is 11.5. The molecule has 0 aliphatic rings. The zero-order chi connectivity index (χ0) is 14.3. The van der Waals surface area contributed by atoms with E-state index in [-0.39, 0.29) is 11.1 Å². The van der Waals surface area contributed by atoms with Crippen molar-refractivity contribution in [2.24, 2.45) is 7.05 Å². The zero-order valence-electron chi connectivity index (χ0n) is 10.6. The number of nitrogens with zero attached hydrogens (tertiary/aromatic N) is 1. The number of alkyl halides is 1. The van der Waals surface area contributed by atoms with Gasteiger partial charge in [0.05, 0.1) is 10.9 Å². The first-order valence-corrected chi connectivity index (χ1v) is 7.28. The molecule has 1 unspecified atom stereocenters. The average Bonchev–Trinajstić information content (AvgIpc) is 2.73. The lowest BCUT2D eigenvalue weighted by Gasteiger charge is -2.10. The van der Waals surface area contributed by atoms with E-state index < -0.39 is 0 Å². The topological polar surface area (TPSA) is 35.1 Å². The Morgan fingerprint density at radius 2 is 1.95 bits per heavy atom. The minimum atomic E-state index is -0.370. The molecule has 2 aromatic carbocycles. The van der Waals surface area contributed by atoms with Crippen molar-refractivity contribution >= 4 is 38.6 Å². The Bertz CT molecular complexity index is 837. The fourth-order valence-electron chi connectivity index (χ4n) is 2.16. The van der Waals surface area contributed by atoms with Crippen LogP contribution in [0.5, 0.6) is 0 Å². The van der Waals surface area contributed by atoms with Crippen molar-refractivity contribution in [1.82, 2.24) is 4.57 Å². The highest BCUT2D eigenvalue weighted by Gasteiger charge is 2.14. The van der Waals surface area contributed by atoms with E-state index in [9.17, 15) is 4.79 Å². The summed E-state index contributed by atoms with van der Waals surface area (Å²) in [4.78, 5) is 11.5. The molecule has 0 aliphatic heterocycles. The van der Waals surface area contributed by atoms with E-state index in [2.05, 4.69) is 15.9 Å². The molecule has 0 fully saturated rings. The van der Waals surface area contributed by atoms with Crippen LogP contribution in [-0.4, -0.2) is 4.57 Å². The van der Waals surface area contributed by atoms with Gasteiger partial charge >= 0.3 is 5.76 Å². The van der Waals surface area contributed by atoms with E-state index in [0.29, 0.717) is 5.58 Å². The normalized spacial score (nSPS) is 12.8. The van der Waals surface area contributed by atoms with Gasteiger partial charge in [0, 0.05) is 11.5 Å². The van der Waals surface area contributed by atoms with Gasteiger partial charge in [0.2, 0.25) is 0 Å². The summed E-state index contributed by atoms with van der Waals surface area (Å²) in [6, 6.07) is 13.4. The van der Waals surface area contributed by atoms with Gasteiger partial charge in [0.1, 0.15) is 0 Å². The minimum absolute atomic E-state index is 0.289. The Morgan fingerprint density at radius 1 is 1.20 bits per heavy atom. The summed E-state index contributed by atoms with van der Waals surface area (Å²) in [5.41, 5.74) is 3.19. The van der Waals surface area contributed by atoms with E-state index >= 15 is 0 Å². The molecule has 0 amide bonds. The molecule has 3 aromatic rings. The third-order valence-corrected chi connectivity index (χ3v) is 4.25. The minimum Gasteiger partial charge on any atom is -0.408 e. The van der Waals surface area contributed by atoms with Crippen LogP contribution in [0, 0.1) is 0 Å². The molecule has 3 nitrogen and oxygen atoms in total. The number of hydrogen-bond acceptors (Lipinski definition) is 2. The molecule has 0 radical (unpaired) electrons. The summed E-state index contributed by atoms with van der Waals surface area (Å²) in [5.74, 6) is -0.370. The van der Waals surface area contributed by atoms with Crippen LogP contribution in [0.4, 0.5) is 0 Å². The highest BCUT2D eigenvalue weighted by molar-refractivity contribution is 9.10. The Labute approximate surface area is 128 Å². The lowest BCUT2D eigenvalue weighted by molar-refractivity contribution is 0.528. The highest BCUT2D eigenvalue weighted by Crippen LogP contribution is 2.31. The fourth-order valence-corrected chi connectivity index (χ4v) is 2.85. The van der Waals surface area contributed by atoms with E-state index in [0.717, 1.165) is 21.1 Å². The van der Waals surface area contributed by atoms with Gasteiger partial charge in [0.25, 0.3) is 0 Å². The van der Waals surface area contributed by atoms with Crippen molar-refractivity contribution in [2.45, 2.75) is 5.38 Å². The van der Waals surface area contributed by atoms with Crippen LogP contribution >= 0.6 is 27.5 Å². The third kappa shape index (κ3) is 2.30. The molecule has 3 rings (SSSR count). The first-order chi connectivity index (χ1) is 9.56. The number of rotatable bonds is 2. The summed E-state index contributed by atoms with van der Waals surface area (Å²) in [7, 11) is 1.68. The number of halogens is 2. The lowest BCUT2D eigenvalue weighted by Crippen LogP contribution is -2.08. The lowest BCUT2D eigenvalue weighted by atomic mass is 10.0. The molecule has 0 bridgehead atoms. The largest absolute Gasteiger partial charge is 0.419 e. The van der Waals surface area contributed by atoms with Crippen molar-refractivity contribution in [3.05, 3.63) is 68.6 Å². The van der Waals surface area contributed by atoms with Gasteiger partial charge in [0.15, 0.2) is 5.58 Å². The predicted octanol–water partition coefficient (Wildman–Crippen LogP) is 4.22. The monoisotopic (exact) mass is 351 g/mol. The first kappa shape index (κ1) is 13.5. The second-order valence-corrected chi connectivity index (χ2v) is 5.92. The zero-order valence-corrected chi connectivity index (χ0v) is 13.0. The molecule has 5 heteroatoms. The maximum Gasteiger partial charge on any atom is 0.419 e. The molecular formula is C15H11BrClNO2. The second-order valence-electron chi connectivity index (χ2n) is 4.57. The summed E-state index contributed by atoms with van der Waals surface area (Å²) in [6.45, 7) is 0. The van der Waals surface area contributed by atoms with Gasteiger partial charge in [-0.1, -0.05) is 34.1 Å². The molecule has 102 valence electrons. The number of benzene rings is 2. The van der Waals surface area contributed by atoms with Crippen LogP contribution in [0.15, 0.2) is 56.1 Å². The smallest absolute Gasteiger partial charge is 0.408 e. The molecule has 0 aliphatic carbocycles. The third-order valence-electron chi connectivity index (χ3n) is 3.25. The van der Waals surface area contributed by atoms with Crippen LogP contribution in [0.1, 0.15) is 16.5 Å². The number of aromatic nitrogens is 1. The van der Waals surface area contributed by atoms with E-state index in [4.69, 9.17) is 16.0 Å². The Kier molecular flexibility index (Phi) is 3.44. The van der Waals surface area contributed by atoms with E-state index in [1.54, 1.807) is 7.05 Å². The average molecular weight is 353 g/mol. The van der Waals surface area contributed by atoms with E-state index in [1.807, 2.05) is 42.5 Å². The molecule has 0 spiro atoms. The molecule has 1 aromatic heterocycles. The van der Waals surface area contributed by atoms with Gasteiger partial charge in [-0.25, -0.2) is 4.79 Å². The SMILES string of the molecule is Cn1c(=O)oc2cc(C(Cl)c3cccc(Br)c3)ccc21. The van der Waals surface area contributed by atoms with Crippen molar-refractivity contribution in [1.29, 1.82) is 0 Å². The van der Waals surface area contributed by atoms with Crippen LogP contribution < -0.4 is 5.76 Å². The Balaban J connectivity index is 2.08. The second kappa shape index (κ2) is 5.11. The summed E-state index contributed by atoms with van der Waals surface area (Å²) >= 11 is 9.94. The molecule has 0 saturated carbocycles. The van der Waals surface area contributed by atoms with Crippen LogP contribution in [0.2, 0.25) is 0 Å². The van der Waals surface area contributed by atoms with Crippen molar-refractivity contribution < 1.29 is 4.42 Å². The first-order valence-electron chi connectivity index (χ1n) is 6.05. The number of hydrogen-bond donors (Lipinski definition) is 0. The van der Waals surface area contributed by atoms with Gasteiger partial charge in [-0.05, 0) is 35.4 Å². The molecule has 1 heterocycles. The van der Waals surface area contributed by atoms with E-state index in [1.165, 1.54) is 4.57 Å². The Hall–Kier alpha value is -1.52. The number of oxazole rings is 1. The fraction of sp³-hybridized carbons (Fsp3) is 0.133. The maximum absolute atomic E-state index is 11.5. The molecule has 20 heavy (non-hydrogen) atoms. The van der Waals surface area contributed by atoms with Gasteiger partial charge in [-0.2, -0.15) is 0 Å². The predicted molar refractivity (Wildman–Crippen MR) is 83.3 cm³/mol. The van der Waals surface area contributed by atoms with Crippen LogP contribution in [0.3, 0.4) is 0 Å². The molecule has 0 N–H and O–H groups in total. The summed E-state index contributed by atoms with van der Waals surface area (Å²) < 4.78 is 7.64. The van der Waals surface area contributed by atoms with Crippen molar-refractivity contribution in [3.8, 4) is 0 Å². The number of aryl methyl sites for hydroxylation is 1. The summed E-state index contributed by atoms with van der Waals surface area (Å²) in [6.07, 6.45) is 0. The summed E-state index contributed by atoms with van der Waals surface area (Å²) in [5, 5.41) is -0.289. The molecular weight excluding hydrogens is 342 g/mol. The van der Waals surface area contributed by atoms with Crippen LogP contribution in [0.25, 0.3) is 11.1 Å². The van der Waals surface area contributed by atoms with Gasteiger partial charge < -0.3 is 4.42 Å². The quantitative estimate of drug-likeness (QED) is 0.647. The number of fused-ring (bicyclic) bond motifs is 1. The van der Waals surface area contributed by atoms with Gasteiger partial charge in [-0.3, -0.25) is 4.57 Å². The molecule has 0 saturated heterocycles. The van der Waals surface area contributed by atoms with Crippen molar-refractivity contribution in [3.63, 3.8) is 0 Å². The van der Waals surface area contributed by atoms with Gasteiger partial charge in [-0.15, -0.1) is 11.6 Å². The standard InChI is InChI=1S/C15H11BrClNO2/c1-18-12-6-5-10(8-13(12)20-15(18)19)14(17)9-3-2-4-11(16)7-9/h2-8,14H,1H3. The Morgan fingerprint density at radius 3 is 2.70 bits per heavy atom. The highest BCUT2D eigenvalue weighted by atomic mass is 79.9. The molecule has 1 atom stereocenters. The van der Waals surface area contributed by atoms with Crippen LogP contribution in [-0.2, 0) is 7.05 Å².